The molecule has 0 aliphatic rings. The summed E-state index contributed by atoms with van der Waals surface area (Å²) < 4.78 is 2.01. The Morgan fingerprint density at radius 2 is 1.90 bits per heavy atom. The fourth-order valence-corrected chi connectivity index (χ4v) is 2.61. The standard InChI is InChI=1S/C17H25N3/c1-3-5-6-7-8-9-12-15(4-2)20-17-14-11-10-13-16(17)18-19-20/h4,10-11,13-15H,2-3,5-9,12H2,1H3. The molecule has 0 saturated heterocycles. The number of fused-ring (bicyclic) bond motifs is 1. The molecule has 0 amide bonds. The molecule has 1 atom stereocenters. The van der Waals surface area contributed by atoms with Crippen molar-refractivity contribution in [3.63, 3.8) is 0 Å². The minimum Gasteiger partial charge on any atom is -0.238 e. The van der Waals surface area contributed by atoms with E-state index in [1.165, 1.54) is 38.5 Å². The first-order chi connectivity index (χ1) is 9.86. The predicted molar refractivity (Wildman–Crippen MR) is 84.8 cm³/mol. The number of para-hydroxylation sites is 1. The van der Waals surface area contributed by atoms with Crippen molar-refractivity contribution in [2.45, 2.75) is 57.9 Å². The zero-order valence-corrected chi connectivity index (χ0v) is 12.5. The van der Waals surface area contributed by atoms with E-state index < -0.39 is 0 Å². The van der Waals surface area contributed by atoms with Crippen LogP contribution < -0.4 is 0 Å². The maximum absolute atomic E-state index is 4.29. The van der Waals surface area contributed by atoms with Crippen molar-refractivity contribution >= 4 is 11.0 Å². The molecule has 0 bridgehead atoms. The largest absolute Gasteiger partial charge is 0.238 e. The summed E-state index contributed by atoms with van der Waals surface area (Å²) in [4.78, 5) is 0. The van der Waals surface area contributed by atoms with Crippen molar-refractivity contribution in [2.75, 3.05) is 0 Å². The molecule has 0 N–H and O–H groups in total. The van der Waals surface area contributed by atoms with Crippen LogP contribution in [0.25, 0.3) is 11.0 Å². The molecule has 1 unspecified atom stereocenters. The number of allylic oxidation sites excluding steroid dienone is 1. The lowest BCUT2D eigenvalue weighted by Crippen LogP contribution is -2.08. The number of aromatic nitrogens is 3. The van der Waals surface area contributed by atoms with Crippen LogP contribution >= 0.6 is 0 Å². The van der Waals surface area contributed by atoms with Gasteiger partial charge in [0, 0.05) is 0 Å². The summed E-state index contributed by atoms with van der Waals surface area (Å²) in [5, 5.41) is 8.51. The van der Waals surface area contributed by atoms with E-state index in [-0.39, 0.29) is 6.04 Å². The molecule has 1 aromatic carbocycles. The minimum absolute atomic E-state index is 0.258. The van der Waals surface area contributed by atoms with Crippen molar-refractivity contribution in [2.24, 2.45) is 0 Å². The van der Waals surface area contributed by atoms with Crippen molar-refractivity contribution < 1.29 is 0 Å². The Balaban J connectivity index is 1.90. The van der Waals surface area contributed by atoms with E-state index >= 15 is 0 Å². The first-order valence-electron chi connectivity index (χ1n) is 7.79. The molecule has 1 heterocycles. The Labute approximate surface area is 121 Å². The summed E-state index contributed by atoms with van der Waals surface area (Å²) in [6.07, 6.45) is 11.0. The molecule has 20 heavy (non-hydrogen) atoms. The predicted octanol–water partition coefficient (Wildman–Crippen LogP) is 4.91. The summed E-state index contributed by atoms with van der Waals surface area (Å²) in [7, 11) is 0. The van der Waals surface area contributed by atoms with E-state index in [2.05, 4.69) is 29.9 Å². The minimum atomic E-state index is 0.258. The van der Waals surface area contributed by atoms with Crippen LogP contribution in [0.1, 0.15) is 57.9 Å². The number of hydrogen-bond acceptors (Lipinski definition) is 2. The highest BCUT2D eigenvalue weighted by atomic mass is 15.4. The molecule has 0 aliphatic heterocycles. The molecule has 0 spiro atoms. The van der Waals surface area contributed by atoms with Crippen LogP contribution in [0, 0.1) is 0 Å². The molecule has 0 fully saturated rings. The summed E-state index contributed by atoms with van der Waals surface area (Å²) in [5.74, 6) is 0. The van der Waals surface area contributed by atoms with Crippen molar-refractivity contribution in [3.8, 4) is 0 Å². The van der Waals surface area contributed by atoms with Crippen LogP contribution in [0.3, 0.4) is 0 Å². The van der Waals surface area contributed by atoms with Crippen LogP contribution in [0.15, 0.2) is 36.9 Å². The molecule has 3 nitrogen and oxygen atoms in total. The maximum atomic E-state index is 4.29. The summed E-state index contributed by atoms with van der Waals surface area (Å²) >= 11 is 0. The first-order valence-corrected chi connectivity index (χ1v) is 7.79. The summed E-state index contributed by atoms with van der Waals surface area (Å²) in [6, 6.07) is 8.37. The van der Waals surface area contributed by atoms with Crippen molar-refractivity contribution in [1.82, 2.24) is 15.0 Å². The van der Waals surface area contributed by atoms with Gasteiger partial charge in [-0.2, -0.15) is 0 Å². The van der Waals surface area contributed by atoms with Gasteiger partial charge >= 0.3 is 0 Å². The maximum Gasteiger partial charge on any atom is 0.113 e. The molecular formula is C17H25N3. The van der Waals surface area contributed by atoms with Crippen molar-refractivity contribution in [1.29, 1.82) is 0 Å². The molecule has 0 radical (unpaired) electrons. The monoisotopic (exact) mass is 271 g/mol. The molecule has 0 aliphatic carbocycles. The lowest BCUT2D eigenvalue weighted by Gasteiger charge is -2.13. The Kier molecular flexibility index (Phi) is 5.78. The average Bonchev–Trinajstić information content (AvgIpc) is 2.91. The highest BCUT2D eigenvalue weighted by Crippen LogP contribution is 2.21. The molecule has 3 heteroatoms. The summed E-state index contributed by atoms with van der Waals surface area (Å²) in [5.41, 5.74) is 2.06. The first kappa shape index (κ1) is 14.8. The van der Waals surface area contributed by atoms with E-state index in [0.29, 0.717) is 0 Å². The zero-order valence-electron chi connectivity index (χ0n) is 12.5. The third-order valence-corrected chi connectivity index (χ3v) is 3.82. The third-order valence-electron chi connectivity index (χ3n) is 3.82. The fraction of sp³-hybridized carbons (Fsp3) is 0.529. The van der Waals surface area contributed by atoms with Gasteiger partial charge in [-0.05, 0) is 18.6 Å². The van der Waals surface area contributed by atoms with Crippen LogP contribution in [-0.2, 0) is 0 Å². The Bertz CT molecular complexity index is 530. The van der Waals surface area contributed by atoms with Gasteiger partial charge in [0.1, 0.15) is 5.52 Å². The zero-order chi connectivity index (χ0) is 14.2. The number of unbranched alkanes of at least 4 members (excludes halogenated alkanes) is 5. The second-order valence-corrected chi connectivity index (χ2v) is 5.38. The van der Waals surface area contributed by atoms with Gasteiger partial charge in [0.2, 0.25) is 0 Å². The highest BCUT2D eigenvalue weighted by Gasteiger charge is 2.11. The number of benzene rings is 1. The topological polar surface area (TPSA) is 30.7 Å². The van der Waals surface area contributed by atoms with Gasteiger partial charge in [0.25, 0.3) is 0 Å². The van der Waals surface area contributed by atoms with Gasteiger partial charge in [0.15, 0.2) is 0 Å². The van der Waals surface area contributed by atoms with Crippen molar-refractivity contribution in [3.05, 3.63) is 36.9 Å². The van der Waals surface area contributed by atoms with Gasteiger partial charge in [-0.25, -0.2) is 4.68 Å². The van der Waals surface area contributed by atoms with Crippen LogP contribution in [0.5, 0.6) is 0 Å². The van der Waals surface area contributed by atoms with Crippen LogP contribution in [-0.4, -0.2) is 15.0 Å². The fourth-order valence-electron chi connectivity index (χ4n) is 2.61. The van der Waals surface area contributed by atoms with E-state index in [1.54, 1.807) is 0 Å². The Morgan fingerprint density at radius 1 is 1.15 bits per heavy atom. The number of rotatable bonds is 9. The lowest BCUT2D eigenvalue weighted by molar-refractivity contribution is 0.470. The van der Waals surface area contributed by atoms with Gasteiger partial charge in [-0.3, -0.25) is 0 Å². The highest BCUT2D eigenvalue weighted by molar-refractivity contribution is 5.74. The molecule has 0 saturated carbocycles. The van der Waals surface area contributed by atoms with Gasteiger partial charge < -0.3 is 0 Å². The second kappa shape index (κ2) is 7.83. The van der Waals surface area contributed by atoms with E-state index in [9.17, 15) is 0 Å². The normalized spacial score (nSPS) is 12.7. The SMILES string of the molecule is C=CC(CCCCCCCC)n1nnc2ccccc21. The summed E-state index contributed by atoms with van der Waals surface area (Å²) in [6.45, 7) is 6.22. The molecule has 108 valence electrons. The Hall–Kier alpha value is -1.64. The lowest BCUT2D eigenvalue weighted by atomic mass is 10.1. The van der Waals surface area contributed by atoms with Crippen LogP contribution in [0.4, 0.5) is 0 Å². The number of nitrogens with zero attached hydrogens (tertiary/aromatic N) is 3. The van der Waals surface area contributed by atoms with Crippen LogP contribution in [0.2, 0.25) is 0 Å². The number of hydrogen-bond donors (Lipinski definition) is 0. The molecule has 1 aromatic heterocycles. The smallest absolute Gasteiger partial charge is 0.113 e. The quantitative estimate of drug-likeness (QED) is 0.479. The average molecular weight is 271 g/mol. The van der Waals surface area contributed by atoms with E-state index in [1.807, 2.05) is 29.0 Å². The third kappa shape index (κ3) is 3.69. The Morgan fingerprint density at radius 3 is 2.70 bits per heavy atom. The molecular weight excluding hydrogens is 246 g/mol. The van der Waals surface area contributed by atoms with E-state index in [4.69, 9.17) is 0 Å². The van der Waals surface area contributed by atoms with Gasteiger partial charge in [-0.1, -0.05) is 68.9 Å². The van der Waals surface area contributed by atoms with Gasteiger partial charge in [-0.15, -0.1) is 11.7 Å². The molecule has 2 rings (SSSR count). The molecule has 2 aromatic rings. The van der Waals surface area contributed by atoms with Gasteiger partial charge in [0.05, 0.1) is 11.6 Å². The van der Waals surface area contributed by atoms with E-state index in [0.717, 1.165) is 17.5 Å². The second-order valence-electron chi connectivity index (χ2n) is 5.38.